The molecule has 2 saturated heterocycles. The van der Waals surface area contributed by atoms with Gasteiger partial charge in [0.15, 0.2) is 0 Å². The Morgan fingerprint density at radius 1 is 1.00 bits per heavy atom. The van der Waals surface area contributed by atoms with Gasteiger partial charge in [-0.05, 0) is 19.3 Å². The van der Waals surface area contributed by atoms with Crippen LogP contribution in [0.2, 0.25) is 0 Å². The molecule has 2 unspecified atom stereocenters. The molecule has 1 saturated carbocycles. The highest BCUT2D eigenvalue weighted by Gasteiger charge is 2.31. The van der Waals surface area contributed by atoms with Crippen LogP contribution in [0.15, 0.2) is 0 Å². The summed E-state index contributed by atoms with van der Waals surface area (Å²) in [5.74, 6) is 0.515. The Labute approximate surface area is 145 Å². The second-order valence-corrected chi connectivity index (χ2v) is 7.38. The van der Waals surface area contributed by atoms with Crippen molar-refractivity contribution in [2.45, 2.75) is 57.0 Å². The van der Waals surface area contributed by atoms with Crippen molar-refractivity contribution in [3.05, 3.63) is 0 Å². The second kappa shape index (κ2) is 9.59. The maximum Gasteiger partial charge on any atom is 0.315 e. The summed E-state index contributed by atoms with van der Waals surface area (Å²) in [5, 5.41) is 6.32. The van der Waals surface area contributed by atoms with E-state index in [1.165, 1.54) is 25.7 Å². The zero-order chi connectivity index (χ0) is 16.6. The van der Waals surface area contributed by atoms with Gasteiger partial charge in [-0.15, -0.1) is 0 Å². The maximum absolute atomic E-state index is 12.3. The smallest absolute Gasteiger partial charge is 0.315 e. The van der Waals surface area contributed by atoms with E-state index in [1.54, 1.807) is 0 Å². The molecule has 6 nitrogen and oxygen atoms in total. The van der Waals surface area contributed by atoms with Crippen molar-refractivity contribution in [3.8, 4) is 0 Å². The third-order valence-corrected chi connectivity index (χ3v) is 5.69. The van der Waals surface area contributed by atoms with Gasteiger partial charge >= 0.3 is 6.03 Å². The quantitative estimate of drug-likeness (QED) is 0.749. The molecular formula is C18H33N3O3. The van der Waals surface area contributed by atoms with Crippen LogP contribution in [0.1, 0.15) is 44.9 Å². The molecule has 2 heterocycles. The predicted molar refractivity (Wildman–Crippen MR) is 93.1 cm³/mol. The summed E-state index contributed by atoms with van der Waals surface area (Å²) in [6.07, 6.45) is 8.42. The highest BCUT2D eigenvalue weighted by Crippen LogP contribution is 2.22. The Balaban J connectivity index is 1.47. The lowest BCUT2D eigenvalue weighted by Gasteiger charge is -2.37. The van der Waals surface area contributed by atoms with E-state index < -0.39 is 0 Å². The molecule has 3 aliphatic rings. The summed E-state index contributed by atoms with van der Waals surface area (Å²) in [6.45, 7) is 5.84. The average molecular weight is 339 g/mol. The summed E-state index contributed by atoms with van der Waals surface area (Å²) in [4.78, 5) is 14.8. The Morgan fingerprint density at radius 3 is 2.42 bits per heavy atom. The first-order valence-electron chi connectivity index (χ1n) is 9.77. The van der Waals surface area contributed by atoms with Gasteiger partial charge in [0, 0.05) is 44.2 Å². The van der Waals surface area contributed by atoms with Crippen LogP contribution >= 0.6 is 0 Å². The molecule has 2 amide bonds. The number of nitrogens with one attached hydrogen (secondary N) is 2. The number of hydrogen-bond acceptors (Lipinski definition) is 4. The fourth-order valence-electron chi connectivity index (χ4n) is 4.22. The van der Waals surface area contributed by atoms with E-state index in [-0.39, 0.29) is 6.03 Å². The fourth-order valence-corrected chi connectivity index (χ4v) is 4.22. The van der Waals surface area contributed by atoms with E-state index in [2.05, 4.69) is 15.5 Å². The lowest BCUT2D eigenvalue weighted by atomic mass is 9.97. The molecule has 0 radical (unpaired) electrons. The van der Waals surface area contributed by atoms with Gasteiger partial charge in [-0.3, -0.25) is 4.90 Å². The summed E-state index contributed by atoms with van der Waals surface area (Å²) in [7, 11) is 0. The molecule has 2 aliphatic heterocycles. The molecule has 6 heteroatoms. The van der Waals surface area contributed by atoms with E-state index in [9.17, 15) is 4.79 Å². The Bertz CT molecular complexity index is 374. The maximum atomic E-state index is 12.3. The average Bonchev–Trinajstić information content (AvgIpc) is 3.01. The number of nitrogens with zero attached hydrogens (tertiary/aromatic N) is 1. The van der Waals surface area contributed by atoms with Gasteiger partial charge in [0.25, 0.3) is 0 Å². The second-order valence-electron chi connectivity index (χ2n) is 7.38. The number of carbonyl (C=O) groups excluding carboxylic acids is 1. The number of urea groups is 1. The predicted octanol–water partition coefficient (Wildman–Crippen LogP) is 1.75. The lowest BCUT2D eigenvalue weighted by molar-refractivity contribution is 0.00210. The van der Waals surface area contributed by atoms with Crippen molar-refractivity contribution in [3.63, 3.8) is 0 Å². The molecule has 3 rings (SSSR count). The van der Waals surface area contributed by atoms with Crippen LogP contribution in [-0.2, 0) is 9.47 Å². The first-order chi connectivity index (χ1) is 11.8. The largest absolute Gasteiger partial charge is 0.381 e. The lowest BCUT2D eigenvalue weighted by Crippen LogP contribution is -2.54. The van der Waals surface area contributed by atoms with Gasteiger partial charge in [-0.1, -0.05) is 25.7 Å². The molecular weight excluding hydrogens is 306 g/mol. The van der Waals surface area contributed by atoms with E-state index >= 15 is 0 Å². The van der Waals surface area contributed by atoms with Gasteiger partial charge in [0.05, 0.1) is 19.8 Å². The molecule has 24 heavy (non-hydrogen) atoms. The molecule has 0 bridgehead atoms. The summed E-state index contributed by atoms with van der Waals surface area (Å²) < 4.78 is 11.1. The van der Waals surface area contributed by atoms with Crippen LogP contribution in [0, 0.1) is 5.92 Å². The zero-order valence-electron chi connectivity index (χ0n) is 14.8. The number of amides is 2. The van der Waals surface area contributed by atoms with Crippen LogP contribution < -0.4 is 10.6 Å². The van der Waals surface area contributed by atoms with Crippen molar-refractivity contribution in [1.29, 1.82) is 0 Å². The Kier molecular flexibility index (Phi) is 7.17. The molecule has 0 aromatic heterocycles. The van der Waals surface area contributed by atoms with E-state index in [0.717, 1.165) is 58.8 Å². The van der Waals surface area contributed by atoms with Crippen molar-refractivity contribution < 1.29 is 14.3 Å². The molecule has 0 aromatic rings. The fraction of sp³-hybridized carbons (Fsp3) is 0.944. The molecule has 3 fully saturated rings. The van der Waals surface area contributed by atoms with Crippen molar-refractivity contribution in [2.24, 2.45) is 5.92 Å². The molecule has 0 spiro atoms. The van der Waals surface area contributed by atoms with Gasteiger partial charge < -0.3 is 20.1 Å². The first-order valence-corrected chi connectivity index (χ1v) is 9.77. The summed E-state index contributed by atoms with van der Waals surface area (Å²) in [5.41, 5.74) is 0. The highest BCUT2D eigenvalue weighted by atomic mass is 16.5. The third kappa shape index (κ3) is 5.33. The number of carbonyl (C=O) groups is 1. The first kappa shape index (κ1) is 18.0. The normalized spacial score (nSPS) is 28.2. The van der Waals surface area contributed by atoms with E-state index in [4.69, 9.17) is 9.47 Å². The topological polar surface area (TPSA) is 62.8 Å². The number of hydrogen-bond donors (Lipinski definition) is 2. The van der Waals surface area contributed by atoms with Crippen LogP contribution in [0.4, 0.5) is 4.79 Å². The molecule has 0 aromatic carbocycles. The van der Waals surface area contributed by atoms with Crippen molar-refractivity contribution >= 4 is 6.03 Å². The third-order valence-electron chi connectivity index (χ3n) is 5.69. The minimum absolute atomic E-state index is 0.000857. The summed E-state index contributed by atoms with van der Waals surface area (Å²) >= 11 is 0. The highest BCUT2D eigenvalue weighted by molar-refractivity contribution is 5.74. The van der Waals surface area contributed by atoms with Crippen molar-refractivity contribution in [2.75, 3.05) is 46.1 Å². The van der Waals surface area contributed by atoms with Gasteiger partial charge in [0.2, 0.25) is 0 Å². The Morgan fingerprint density at radius 2 is 1.75 bits per heavy atom. The molecule has 138 valence electrons. The van der Waals surface area contributed by atoms with Crippen LogP contribution in [0.5, 0.6) is 0 Å². The monoisotopic (exact) mass is 339 g/mol. The number of ether oxygens (including phenoxy) is 2. The van der Waals surface area contributed by atoms with Gasteiger partial charge in [-0.25, -0.2) is 4.79 Å². The van der Waals surface area contributed by atoms with Crippen molar-refractivity contribution in [1.82, 2.24) is 15.5 Å². The van der Waals surface area contributed by atoms with Crippen LogP contribution in [0.3, 0.4) is 0 Å². The standard InChI is InChI=1S/C18H33N3O3/c22-18(20-16-5-3-1-2-4-6-16)19-13-17(15-7-10-24-14-15)21-8-11-23-12-9-21/h15-17H,1-14H2,(H2,19,20,22). The Hall–Kier alpha value is -0.850. The van der Waals surface area contributed by atoms with E-state index in [0.29, 0.717) is 24.5 Å². The molecule has 2 atom stereocenters. The zero-order valence-corrected chi connectivity index (χ0v) is 14.8. The number of rotatable bonds is 5. The number of morpholine rings is 1. The minimum Gasteiger partial charge on any atom is -0.381 e. The van der Waals surface area contributed by atoms with Gasteiger partial charge in [0.1, 0.15) is 0 Å². The molecule has 2 N–H and O–H groups in total. The molecule has 1 aliphatic carbocycles. The van der Waals surface area contributed by atoms with Crippen LogP contribution in [0.25, 0.3) is 0 Å². The van der Waals surface area contributed by atoms with Crippen LogP contribution in [-0.4, -0.2) is 69.1 Å². The SMILES string of the molecule is O=C(NCC(C1CCOC1)N1CCOCC1)NC1CCCCCC1. The van der Waals surface area contributed by atoms with E-state index in [1.807, 2.05) is 0 Å². The van der Waals surface area contributed by atoms with Gasteiger partial charge in [-0.2, -0.15) is 0 Å². The summed E-state index contributed by atoms with van der Waals surface area (Å²) in [6, 6.07) is 0.708. The minimum atomic E-state index is -0.000857.